The first-order valence-corrected chi connectivity index (χ1v) is 12.6. The molecular weight excluding hydrogens is 509 g/mol. The molecule has 0 aromatic heterocycles. The first kappa shape index (κ1) is 29.4. The summed E-state index contributed by atoms with van der Waals surface area (Å²) in [6.45, 7) is 8.80. The highest BCUT2D eigenvalue weighted by Gasteiger charge is 2.22. The van der Waals surface area contributed by atoms with Gasteiger partial charge in [-0.15, -0.1) is 24.0 Å². The maximum atomic E-state index is 13.0. The zero-order chi connectivity index (χ0) is 24.5. The van der Waals surface area contributed by atoms with Crippen LogP contribution >= 0.6 is 35.6 Å². The summed E-state index contributed by atoms with van der Waals surface area (Å²) in [6.07, 6.45) is 1.05. The second-order valence-electron chi connectivity index (χ2n) is 8.66. The van der Waals surface area contributed by atoms with Gasteiger partial charge in [0.2, 0.25) is 5.91 Å². The topological polar surface area (TPSA) is 53.1 Å². The van der Waals surface area contributed by atoms with Crippen molar-refractivity contribution in [3.05, 3.63) is 64.7 Å². The largest absolute Gasteiger partial charge is 0.377 e. The molecule has 1 aliphatic rings. The maximum absolute atomic E-state index is 13.0. The van der Waals surface area contributed by atoms with Crippen molar-refractivity contribution < 1.29 is 14.3 Å². The molecule has 1 heterocycles. The van der Waals surface area contributed by atoms with Crippen LogP contribution in [0.25, 0.3) is 0 Å². The monoisotopic (exact) mass is 541 g/mol. The fourth-order valence-electron chi connectivity index (χ4n) is 3.93. The second-order valence-corrected chi connectivity index (χ2v) is 9.36. The molecule has 2 amide bonds. The second kappa shape index (κ2) is 14.7. The molecule has 0 atom stereocenters. The number of hydrogen-bond donors (Lipinski definition) is 0. The molecular formula is C26H34Cl3N3O3. The molecule has 1 saturated heterocycles. The minimum Gasteiger partial charge on any atom is -0.377 e. The third-order valence-corrected chi connectivity index (χ3v) is 6.38. The van der Waals surface area contributed by atoms with E-state index >= 15 is 0 Å². The Hall–Kier alpha value is -1.83. The third-order valence-electron chi connectivity index (χ3n) is 5.90. The summed E-state index contributed by atoms with van der Waals surface area (Å²) < 4.78 is 5.58. The summed E-state index contributed by atoms with van der Waals surface area (Å²) in [7, 11) is 0. The molecule has 2 aromatic carbocycles. The number of anilines is 1. The highest BCUT2D eigenvalue weighted by atomic mass is 35.5. The van der Waals surface area contributed by atoms with E-state index < -0.39 is 0 Å². The number of benzene rings is 2. The summed E-state index contributed by atoms with van der Waals surface area (Å²) in [5.41, 5.74) is 2.59. The lowest BCUT2D eigenvalue weighted by Crippen LogP contribution is -2.49. The molecule has 9 heteroatoms. The van der Waals surface area contributed by atoms with Gasteiger partial charge >= 0.3 is 0 Å². The van der Waals surface area contributed by atoms with E-state index in [2.05, 4.69) is 17.0 Å². The molecule has 35 heavy (non-hydrogen) atoms. The van der Waals surface area contributed by atoms with Crippen LogP contribution < -0.4 is 4.90 Å². The number of halogens is 3. The number of ether oxygens (including phenoxy) is 1. The van der Waals surface area contributed by atoms with Crippen LogP contribution in [0.5, 0.6) is 0 Å². The highest BCUT2D eigenvalue weighted by Crippen LogP contribution is 2.18. The van der Waals surface area contributed by atoms with Crippen LogP contribution in [0, 0.1) is 0 Å². The fourth-order valence-corrected chi connectivity index (χ4v) is 4.20. The SMILES string of the molecule is CC(C)OCCN(C(=O)CCl)c1ccc(C(=O)N2CCN(CCc3ccc(Cl)cc3)CC2)cc1.Cl. The van der Waals surface area contributed by atoms with Gasteiger partial charge in [0.15, 0.2) is 0 Å². The lowest BCUT2D eigenvalue weighted by atomic mass is 10.1. The number of hydrogen-bond acceptors (Lipinski definition) is 4. The van der Waals surface area contributed by atoms with Gasteiger partial charge < -0.3 is 14.5 Å². The number of alkyl halides is 1. The van der Waals surface area contributed by atoms with Gasteiger partial charge in [0.25, 0.3) is 5.91 Å². The lowest BCUT2D eigenvalue weighted by Gasteiger charge is -2.35. The first-order valence-electron chi connectivity index (χ1n) is 11.7. The Balaban J connectivity index is 0.00000432. The Morgan fingerprint density at radius 1 is 1.00 bits per heavy atom. The molecule has 2 aromatic rings. The van der Waals surface area contributed by atoms with E-state index in [9.17, 15) is 9.59 Å². The average Bonchev–Trinajstić information content (AvgIpc) is 2.86. The van der Waals surface area contributed by atoms with Crippen molar-refractivity contribution in [2.45, 2.75) is 26.4 Å². The summed E-state index contributed by atoms with van der Waals surface area (Å²) in [5.74, 6) is -0.282. The third kappa shape index (κ3) is 8.96. The predicted molar refractivity (Wildman–Crippen MR) is 145 cm³/mol. The minimum absolute atomic E-state index is 0. The Morgan fingerprint density at radius 3 is 2.20 bits per heavy atom. The molecule has 0 unspecified atom stereocenters. The smallest absolute Gasteiger partial charge is 0.253 e. The van der Waals surface area contributed by atoms with E-state index in [4.69, 9.17) is 27.9 Å². The van der Waals surface area contributed by atoms with Crippen molar-refractivity contribution >= 4 is 53.1 Å². The van der Waals surface area contributed by atoms with Crippen LogP contribution in [0.1, 0.15) is 29.8 Å². The molecule has 1 aliphatic heterocycles. The molecule has 0 saturated carbocycles. The van der Waals surface area contributed by atoms with Gasteiger partial charge in [0, 0.05) is 55.5 Å². The number of carbonyl (C=O) groups is 2. The van der Waals surface area contributed by atoms with E-state index in [1.165, 1.54) is 5.56 Å². The molecule has 0 aliphatic carbocycles. The van der Waals surface area contributed by atoms with Crippen LogP contribution in [0.15, 0.2) is 48.5 Å². The summed E-state index contributed by atoms with van der Waals surface area (Å²) in [6, 6.07) is 15.1. The van der Waals surface area contributed by atoms with Gasteiger partial charge in [-0.25, -0.2) is 0 Å². The Morgan fingerprint density at radius 2 is 1.63 bits per heavy atom. The quantitative estimate of drug-likeness (QED) is 0.406. The van der Waals surface area contributed by atoms with Gasteiger partial charge in [0.05, 0.1) is 12.7 Å². The van der Waals surface area contributed by atoms with Gasteiger partial charge in [-0.05, 0) is 62.2 Å². The molecule has 6 nitrogen and oxygen atoms in total. The lowest BCUT2D eigenvalue weighted by molar-refractivity contribution is -0.116. The molecule has 3 rings (SSSR count). The van der Waals surface area contributed by atoms with Gasteiger partial charge in [0.1, 0.15) is 5.88 Å². The number of nitrogens with zero attached hydrogens (tertiary/aromatic N) is 3. The predicted octanol–water partition coefficient (Wildman–Crippen LogP) is 4.76. The minimum atomic E-state index is -0.192. The van der Waals surface area contributed by atoms with Crippen molar-refractivity contribution in [3.8, 4) is 0 Å². The standard InChI is InChI=1S/C26H33Cl2N3O3.ClH/c1-20(2)34-18-17-31(25(32)19-27)24-9-5-22(6-10-24)26(33)30-15-13-29(14-16-30)12-11-21-3-7-23(28)8-4-21;/h3-10,20H,11-19H2,1-2H3;1H. The van der Waals surface area contributed by atoms with Crippen molar-refractivity contribution in [3.63, 3.8) is 0 Å². The molecule has 0 radical (unpaired) electrons. The van der Waals surface area contributed by atoms with Crippen LogP contribution in [-0.4, -0.2) is 79.5 Å². The highest BCUT2D eigenvalue weighted by molar-refractivity contribution is 6.30. The molecule has 192 valence electrons. The van der Waals surface area contributed by atoms with Crippen LogP contribution in [0.3, 0.4) is 0 Å². The zero-order valence-electron chi connectivity index (χ0n) is 20.3. The average molecular weight is 543 g/mol. The van der Waals surface area contributed by atoms with E-state index in [-0.39, 0.29) is 36.2 Å². The summed E-state index contributed by atoms with van der Waals surface area (Å²) in [5, 5.41) is 0.752. The Labute approximate surface area is 224 Å². The van der Waals surface area contributed by atoms with E-state index in [1.54, 1.807) is 29.2 Å². The van der Waals surface area contributed by atoms with Gasteiger partial charge in [-0.1, -0.05) is 23.7 Å². The zero-order valence-corrected chi connectivity index (χ0v) is 22.6. The Kier molecular flexibility index (Phi) is 12.3. The van der Waals surface area contributed by atoms with E-state index in [0.29, 0.717) is 37.5 Å². The van der Waals surface area contributed by atoms with Crippen molar-refractivity contribution in [1.29, 1.82) is 0 Å². The fraction of sp³-hybridized carbons (Fsp3) is 0.462. The molecule has 0 bridgehead atoms. The molecule has 0 spiro atoms. The Bertz CT molecular complexity index is 931. The molecule has 0 N–H and O–H groups in total. The number of amides is 2. The number of piperazine rings is 1. The van der Waals surface area contributed by atoms with Crippen LogP contribution in [0.4, 0.5) is 5.69 Å². The van der Waals surface area contributed by atoms with Gasteiger partial charge in [-0.3, -0.25) is 14.5 Å². The van der Waals surface area contributed by atoms with Crippen molar-refractivity contribution in [1.82, 2.24) is 9.80 Å². The number of rotatable bonds is 10. The summed E-state index contributed by atoms with van der Waals surface area (Å²) >= 11 is 11.8. The maximum Gasteiger partial charge on any atom is 0.253 e. The van der Waals surface area contributed by atoms with E-state index in [1.807, 2.05) is 30.9 Å². The van der Waals surface area contributed by atoms with Crippen LogP contribution in [0.2, 0.25) is 5.02 Å². The normalized spacial score (nSPS) is 14.0. The summed E-state index contributed by atoms with van der Waals surface area (Å²) in [4.78, 5) is 31.2. The van der Waals surface area contributed by atoms with Crippen LogP contribution in [-0.2, 0) is 16.0 Å². The van der Waals surface area contributed by atoms with Crippen molar-refractivity contribution in [2.24, 2.45) is 0 Å². The van der Waals surface area contributed by atoms with E-state index in [0.717, 1.165) is 31.1 Å². The first-order chi connectivity index (χ1) is 16.4. The van der Waals surface area contributed by atoms with Crippen molar-refractivity contribution in [2.75, 3.05) is 56.7 Å². The molecule has 1 fully saturated rings. The van der Waals surface area contributed by atoms with Gasteiger partial charge in [-0.2, -0.15) is 0 Å². The number of carbonyl (C=O) groups excluding carboxylic acids is 2.